The monoisotopic (exact) mass is 459 g/mol. The second kappa shape index (κ2) is 9.67. The summed E-state index contributed by atoms with van der Waals surface area (Å²) in [6, 6.07) is 6.94. The molecule has 6 rings (SSSR count). The lowest BCUT2D eigenvalue weighted by molar-refractivity contribution is -0.00275. The van der Waals surface area contributed by atoms with Crippen molar-refractivity contribution in [3.05, 3.63) is 34.3 Å². The summed E-state index contributed by atoms with van der Waals surface area (Å²) in [5, 5.41) is 0.957. The number of rotatable bonds is 4. The normalized spacial score (nSPS) is 33.8. The van der Waals surface area contributed by atoms with Crippen LogP contribution >= 0.6 is 24.0 Å². The van der Waals surface area contributed by atoms with Crippen LogP contribution < -0.4 is 5.73 Å². The highest BCUT2D eigenvalue weighted by Crippen LogP contribution is 2.60. The maximum atomic E-state index is 6.84. The summed E-state index contributed by atoms with van der Waals surface area (Å²) >= 11 is 6.84. The Morgan fingerprint density at radius 3 is 2.26 bits per heavy atom. The zero-order chi connectivity index (χ0) is 20.7. The fourth-order valence-electron chi connectivity index (χ4n) is 7.97. The van der Waals surface area contributed by atoms with Gasteiger partial charge in [0.2, 0.25) is 0 Å². The minimum absolute atomic E-state index is 0. The average molecular weight is 461 g/mol. The van der Waals surface area contributed by atoms with Crippen LogP contribution in [0.2, 0.25) is 5.02 Å². The molecule has 0 aliphatic heterocycles. The third-order valence-corrected chi connectivity index (χ3v) is 9.71. The minimum atomic E-state index is 0. The van der Waals surface area contributed by atoms with Gasteiger partial charge in [0, 0.05) is 23.0 Å². The van der Waals surface area contributed by atoms with E-state index in [1.165, 1.54) is 69.8 Å². The Hall–Kier alpha value is -0.680. The average Bonchev–Trinajstić information content (AvgIpc) is 2.72. The van der Waals surface area contributed by atoms with Gasteiger partial charge in [-0.05, 0) is 111 Å². The first-order valence-electron chi connectivity index (χ1n) is 12.6. The molecule has 1 nitrogen and oxygen atoms in total. The molecule has 0 aromatic heterocycles. The Bertz CT molecular complexity index is 799. The molecule has 1 atom stereocenters. The predicted octanol–water partition coefficient (Wildman–Crippen LogP) is 7.73. The van der Waals surface area contributed by atoms with Gasteiger partial charge in [0.1, 0.15) is 0 Å². The van der Waals surface area contributed by atoms with Gasteiger partial charge in [-0.25, -0.2) is 0 Å². The van der Waals surface area contributed by atoms with Crippen LogP contribution in [0.5, 0.6) is 0 Å². The Labute approximate surface area is 200 Å². The first kappa shape index (κ1) is 23.5. The summed E-state index contributed by atoms with van der Waals surface area (Å²) in [6.45, 7) is 2.20. The largest absolute Gasteiger partial charge is 0.327 e. The van der Waals surface area contributed by atoms with Crippen LogP contribution in [0, 0.1) is 40.9 Å². The highest BCUT2D eigenvalue weighted by atomic mass is 35.5. The quantitative estimate of drug-likeness (QED) is 0.457. The maximum Gasteiger partial charge on any atom is 0.0453 e. The van der Waals surface area contributed by atoms with E-state index >= 15 is 0 Å². The molecule has 0 radical (unpaired) electrons. The van der Waals surface area contributed by atoms with Gasteiger partial charge in [-0.2, -0.15) is 0 Å². The number of benzene rings is 1. The van der Waals surface area contributed by atoms with E-state index in [4.69, 9.17) is 17.3 Å². The fourth-order valence-corrected chi connectivity index (χ4v) is 8.28. The van der Waals surface area contributed by atoms with Crippen LogP contribution in [-0.4, -0.2) is 6.04 Å². The second-order valence-electron chi connectivity index (χ2n) is 11.2. The van der Waals surface area contributed by atoms with Crippen molar-refractivity contribution in [3.63, 3.8) is 0 Å². The van der Waals surface area contributed by atoms with Crippen molar-refractivity contribution in [1.82, 2.24) is 0 Å². The van der Waals surface area contributed by atoms with E-state index in [0.29, 0.717) is 11.3 Å². The first-order chi connectivity index (χ1) is 14.5. The molecule has 0 saturated heterocycles. The lowest BCUT2D eigenvalue weighted by Crippen LogP contribution is -2.43. The summed E-state index contributed by atoms with van der Waals surface area (Å²) in [7, 11) is 0. The van der Waals surface area contributed by atoms with Crippen LogP contribution in [0.4, 0.5) is 0 Å². The Balaban J connectivity index is 0.00000231. The second-order valence-corrected chi connectivity index (χ2v) is 11.6. The highest BCUT2D eigenvalue weighted by molar-refractivity contribution is 6.31. The minimum Gasteiger partial charge on any atom is -0.327 e. The molecule has 2 N–H and O–H groups in total. The summed E-state index contributed by atoms with van der Waals surface area (Å²) in [5.41, 5.74) is 9.19. The standard InChI is InChI=1S/C28H38ClN.ClH/c1-19(30)28(10-4-2-5-11-28)12-6-3-7-20-8-9-25(26(29)18-20)27-23-14-21-13-22(16-23)17-24(27)15-21;/h8-9,18-19,21-24,27H,2,4-6,10-17,30H2,1H3;1H. The van der Waals surface area contributed by atoms with Gasteiger partial charge in [-0.3, -0.25) is 0 Å². The summed E-state index contributed by atoms with van der Waals surface area (Å²) < 4.78 is 0. The van der Waals surface area contributed by atoms with Crippen molar-refractivity contribution in [2.24, 2.45) is 34.8 Å². The van der Waals surface area contributed by atoms with Crippen molar-refractivity contribution in [2.45, 2.75) is 95.9 Å². The van der Waals surface area contributed by atoms with Crippen LogP contribution in [0.25, 0.3) is 0 Å². The van der Waals surface area contributed by atoms with Gasteiger partial charge < -0.3 is 5.73 Å². The predicted molar refractivity (Wildman–Crippen MR) is 134 cm³/mol. The van der Waals surface area contributed by atoms with Gasteiger partial charge in [0.15, 0.2) is 0 Å². The van der Waals surface area contributed by atoms with Crippen LogP contribution in [-0.2, 0) is 0 Å². The lowest BCUT2D eigenvalue weighted by atomic mass is 9.51. The van der Waals surface area contributed by atoms with E-state index in [1.54, 1.807) is 0 Å². The molecule has 1 aromatic rings. The molecule has 170 valence electrons. The zero-order valence-electron chi connectivity index (χ0n) is 19.0. The molecule has 5 fully saturated rings. The SMILES string of the molecule is CC(N)C1(CCC#Cc2ccc(C3C4CC5CC(C4)CC3C5)c(Cl)c2)CCCCC1.Cl. The molecule has 4 bridgehead atoms. The van der Waals surface area contributed by atoms with E-state index in [9.17, 15) is 0 Å². The van der Waals surface area contributed by atoms with E-state index < -0.39 is 0 Å². The number of halogens is 2. The van der Waals surface area contributed by atoms with Crippen molar-refractivity contribution in [1.29, 1.82) is 0 Å². The topological polar surface area (TPSA) is 26.0 Å². The van der Waals surface area contributed by atoms with Gasteiger partial charge in [0.25, 0.3) is 0 Å². The Morgan fingerprint density at radius 1 is 1.03 bits per heavy atom. The molecular weight excluding hydrogens is 421 g/mol. The number of hydrogen-bond donors (Lipinski definition) is 1. The third kappa shape index (κ3) is 4.69. The number of hydrogen-bond acceptors (Lipinski definition) is 1. The Kier molecular flexibility index (Phi) is 7.32. The summed E-state index contributed by atoms with van der Waals surface area (Å²) in [4.78, 5) is 0. The molecule has 5 saturated carbocycles. The molecular formula is C28H39Cl2N. The lowest BCUT2D eigenvalue weighted by Gasteiger charge is -2.54. The first-order valence-corrected chi connectivity index (χ1v) is 13.0. The maximum absolute atomic E-state index is 6.84. The smallest absolute Gasteiger partial charge is 0.0453 e. The van der Waals surface area contributed by atoms with Crippen molar-refractivity contribution >= 4 is 24.0 Å². The van der Waals surface area contributed by atoms with E-state index in [1.807, 2.05) is 0 Å². The van der Waals surface area contributed by atoms with E-state index in [2.05, 4.69) is 37.0 Å². The molecule has 31 heavy (non-hydrogen) atoms. The molecule has 1 aromatic carbocycles. The zero-order valence-corrected chi connectivity index (χ0v) is 20.6. The summed E-state index contributed by atoms with van der Waals surface area (Å²) in [5.74, 6) is 11.3. The van der Waals surface area contributed by atoms with Gasteiger partial charge in [-0.1, -0.05) is 48.8 Å². The van der Waals surface area contributed by atoms with Crippen LogP contribution in [0.3, 0.4) is 0 Å². The van der Waals surface area contributed by atoms with Crippen LogP contribution in [0.1, 0.15) is 101 Å². The van der Waals surface area contributed by atoms with Crippen molar-refractivity contribution < 1.29 is 0 Å². The van der Waals surface area contributed by atoms with Gasteiger partial charge >= 0.3 is 0 Å². The van der Waals surface area contributed by atoms with Gasteiger partial charge in [-0.15, -0.1) is 12.4 Å². The van der Waals surface area contributed by atoms with Gasteiger partial charge in [0.05, 0.1) is 0 Å². The van der Waals surface area contributed by atoms with E-state index in [0.717, 1.165) is 47.1 Å². The van der Waals surface area contributed by atoms with Crippen LogP contribution in [0.15, 0.2) is 18.2 Å². The molecule has 5 aliphatic carbocycles. The Morgan fingerprint density at radius 2 is 1.68 bits per heavy atom. The molecule has 1 unspecified atom stereocenters. The fraction of sp³-hybridized carbons (Fsp3) is 0.714. The van der Waals surface area contributed by atoms with Crippen molar-refractivity contribution in [2.75, 3.05) is 0 Å². The molecule has 5 aliphatic rings. The molecule has 0 amide bonds. The molecule has 0 heterocycles. The summed E-state index contributed by atoms with van der Waals surface area (Å²) in [6.07, 6.45) is 15.9. The highest BCUT2D eigenvalue weighted by Gasteiger charge is 2.48. The molecule has 3 heteroatoms. The molecule has 0 spiro atoms. The van der Waals surface area contributed by atoms with E-state index in [-0.39, 0.29) is 18.4 Å². The van der Waals surface area contributed by atoms with Crippen molar-refractivity contribution in [3.8, 4) is 11.8 Å². The third-order valence-electron chi connectivity index (χ3n) is 9.38. The number of nitrogens with two attached hydrogens (primary N) is 1.